The van der Waals surface area contributed by atoms with Crippen molar-refractivity contribution in [3.63, 3.8) is 0 Å². The molecule has 0 spiro atoms. The summed E-state index contributed by atoms with van der Waals surface area (Å²) in [5.74, 6) is -0.717. The molecule has 1 aliphatic rings. The molecule has 22 heavy (non-hydrogen) atoms. The first-order valence-corrected chi connectivity index (χ1v) is 7.02. The molecule has 1 aliphatic heterocycles. The maximum atomic E-state index is 11.6. The molecule has 0 unspecified atom stereocenters. The number of carbonyl (C=O) groups is 1. The van der Waals surface area contributed by atoms with Gasteiger partial charge in [-0.05, 0) is 30.4 Å². The number of hydrogen-bond donors (Lipinski definition) is 1. The minimum absolute atomic E-state index is 0.0862. The highest BCUT2D eigenvalue weighted by atomic mass is 35.5. The summed E-state index contributed by atoms with van der Waals surface area (Å²) in [6.07, 6.45) is 1.70. The Labute approximate surface area is 131 Å². The number of rotatable bonds is 5. The van der Waals surface area contributed by atoms with Crippen molar-refractivity contribution in [2.24, 2.45) is 5.92 Å². The molecule has 0 radical (unpaired) electrons. The summed E-state index contributed by atoms with van der Waals surface area (Å²) < 4.78 is 9.75. The molecule has 1 fully saturated rings. The Morgan fingerprint density at radius 3 is 2.77 bits per heavy atom. The van der Waals surface area contributed by atoms with Crippen molar-refractivity contribution in [2.75, 3.05) is 32.2 Å². The molecule has 2 rings (SSSR count). The van der Waals surface area contributed by atoms with E-state index in [1.54, 1.807) is 0 Å². The van der Waals surface area contributed by atoms with Gasteiger partial charge in [0.1, 0.15) is 0 Å². The summed E-state index contributed by atoms with van der Waals surface area (Å²) in [6, 6.07) is 0. The van der Waals surface area contributed by atoms with Crippen LogP contribution in [-0.4, -0.2) is 47.7 Å². The number of aromatic nitrogens is 2. The second-order valence-corrected chi connectivity index (χ2v) is 5.06. The number of halogens is 1. The van der Waals surface area contributed by atoms with Crippen molar-refractivity contribution in [1.29, 1.82) is 0 Å². The normalized spacial score (nSPS) is 15.4. The molecule has 10 heteroatoms. The van der Waals surface area contributed by atoms with Crippen LogP contribution in [0.4, 0.5) is 11.5 Å². The SMILES string of the molecule is COC(=O)c1nc(Cl)nc(NCC2CCOCC2)c1[N+](=O)[O-]. The Bertz CT molecular complexity index is 577. The number of anilines is 1. The molecular formula is C12H15ClN4O5. The fourth-order valence-corrected chi connectivity index (χ4v) is 2.32. The minimum Gasteiger partial charge on any atom is -0.464 e. The van der Waals surface area contributed by atoms with Crippen molar-refractivity contribution in [3.05, 3.63) is 21.1 Å². The lowest BCUT2D eigenvalue weighted by Gasteiger charge is -2.22. The van der Waals surface area contributed by atoms with Crippen LogP contribution in [0, 0.1) is 16.0 Å². The van der Waals surface area contributed by atoms with Gasteiger partial charge in [-0.2, -0.15) is 4.98 Å². The van der Waals surface area contributed by atoms with Crippen LogP contribution in [-0.2, 0) is 9.47 Å². The molecule has 0 atom stereocenters. The van der Waals surface area contributed by atoms with Crippen LogP contribution >= 0.6 is 11.6 Å². The van der Waals surface area contributed by atoms with Crippen molar-refractivity contribution in [3.8, 4) is 0 Å². The summed E-state index contributed by atoms with van der Waals surface area (Å²) >= 11 is 5.74. The quantitative estimate of drug-likeness (QED) is 0.375. The number of nitrogens with zero attached hydrogens (tertiary/aromatic N) is 3. The Morgan fingerprint density at radius 2 is 2.18 bits per heavy atom. The molecule has 0 bridgehead atoms. The fraction of sp³-hybridized carbons (Fsp3) is 0.583. The molecule has 0 aliphatic carbocycles. The van der Waals surface area contributed by atoms with Crippen LogP contribution < -0.4 is 5.32 Å². The number of nitro groups is 1. The van der Waals surface area contributed by atoms with Gasteiger partial charge in [-0.1, -0.05) is 0 Å². The average Bonchev–Trinajstić information content (AvgIpc) is 2.52. The van der Waals surface area contributed by atoms with Crippen LogP contribution in [0.5, 0.6) is 0 Å². The van der Waals surface area contributed by atoms with Crippen molar-refractivity contribution < 1.29 is 19.2 Å². The molecule has 1 saturated heterocycles. The van der Waals surface area contributed by atoms with E-state index in [0.29, 0.717) is 25.7 Å². The van der Waals surface area contributed by atoms with Gasteiger partial charge in [-0.15, -0.1) is 0 Å². The Hall–Kier alpha value is -2.00. The third-order valence-corrected chi connectivity index (χ3v) is 3.49. The van der Waals surface area contributed by atoms with E-state index in [1.807, 2.05) is 0 Å². The summed E-state index contributed by atoms with van der Waals surface area (Å²) in [5.41, 5.74) is -1.01. The van der Waals surface area contributed by atoms with E-state index in [0.717, 1.165) is 20.0 Å². The first kappa shape index (κ1) is 16.4. The fourth-order valence-electron chi connectivity index (χ4n) is 2.15. The second kappa shape index (κ2) is 7.32. The smallest absolute Gasteiger partial charge is 0.364 e. The molecule has 0 saturated carbocycles. The topological polar surface area (TPSA) is 116 Å². The van der Waals surface area contributed by atoms with E-state index in [1.165, 1.54) is 0 Å². The lowest BCUT2D eigenvalue weighted by atomic mass is 10.0. The van der Waals surface area contributed by atoms with Gasteiger partial charge >= 0.3 is 11.7 Å². The van der Waals surface area contributed by atoms with Crippen molar-refractivity contribution in [1.82, 2.24) is 9.97 Å². The van der Waals surface area contributed by atoms with Crippen molar-refractivity contribution in [2.45, 2.75) is 12.8 Å². The summed E-state index contributed by atoms with van der Waals surface area (Å²) in [4.78, 5) is 29.6. The van der Waals surface area contributed by atoms with E-state index < -0.39 is 22.3 Å². The zero-order valence-corrected chi connectivity index (χ0v) is 12.6. The third kappa shape index (κ3) is 3.80. The Morgan fingerprint density at radius 1 is 1.50 bits per heavy atom. The molecule has 0 aromatic carbocycles. The van der Waals surface area contributed by atoms with Gasteiger partial charge in [-0.3, -0.25) is 10.1 Å². The largest absolute Gasteiger partial charge is 0.464 e. The third-order valence-electron chi connectivity index (χ3n) is 3.32. The van der Waals surface area contributed by atoms with Crippen molar-refractivity contribution >= 4 is 29.1 Å². The number of carbonyl (C=O) groups excluding carboxylic acids is 1. The van der Waals surface area contributed by atoms with E-state index >= 15 is 0 Å². The van der Waals surface area contributed by atoms with E-state index in [9.17, 15) is 14.9 Å². The zero-order valence-electron chi connectivity index (χ0n) is 11.9. The van der Waals surface area contributed by atoms with E-state index in [2.05, 4.69) is 20.0 Å². The molecule has 2 heterocycles. The van der Waals surface area contributed by atoms with Gasteiger partial charge < -0.3 is 14.8 Å². The van der Waals surface area contributed by atoms with Gasteiger partial charge in [0.15, 0.2) is 0 Å². The lowest BCUT2D eigenvalue weighted by molar-refractivity contribution is -0.384. The maximum Gasteiger partial charge on any atom is 0.364 e. The highest BCUT2D eigenvalue weighted by Gasteiger charge is 2.30. The van der Waals surface area contributed by atoms with Crippen LogP contribution in [0.1, 0.15) is 23.3 Å². The Kier molecular flexibility index (Phi) is 5.45. The van der Waals surface area contributed by atoms with Crippen LogP contribution in [0.25, 0.3) is 0 Å². The van der Waals surface area contributed by atoms with Gasteiger partial charge in [0.2, 0.25) is 16.8 Å². The van der Waals surface area contributed by atoms with E-state index in [4.69, 9.17) is 16.3 Å². The maximum absolute atomic E-state index is 11.6. The van der Waals surface area contributed by atoms with Gasteiger partial charge in [0, 0.05) is 19.8 Å². The summed E-state index contributed by atoms with van der Waals surface area (Å²) in [6.45, 7) is 1.79. The standard InChI is InChI=1S/C12H15ClN4O5/c1-21-11(18)8-9(17(19)20)10(16-12(13)15-8)14-6-7-2-4-22-5-3-7/h7H,2-6H2,1H3,(H,14,15,16). The number of ether oxygens (including phenoxy) is 2. The average molecular weight is 331 g/mol. The monoisotopic (exact) mass is 330 g/mol. The first-order chi connectivity index (χ1) is 10.5. The molecule has 1 aromatic rings. The molecule has 1 aromatic heterocycles. The van der Waals surface area contributed by atoms with E-state index in [-0.39, 0.29) is 11.1 Å². The van der Waals surface area contributed by atoms with Crippen LogP contribution in [0.15, 0.2) is 0 Å². The number of hydrogen-bond acceptors (Lipinski definition) is 8. The minimum atomic E-state index is -0.940. The number of esters is 1. The predicted octanol–water partition coefficient (Wildman–Crippen LogP) is 1.66. The highest BCUT2D eigenvalue weighted by Crippen LogP contribution is 2.28. The van der Waals surface area contributed by atoms with Gasteiger partial charge in [-0.25, -0.2) is 9.78 Å². The number of methoxy groups -OCH3 is 1. The molecule has 120 valence electrons. The van der Waals surface area contributed by atoms with Crippen LogP contribution in [0.2, 0.25) is 5.28 Å². The zero-order chi connectivity index (χ0) is 16.1. The summed E-state index contributed by atoms with van der Waals surface area (Å²) in [5, 5.41) is 13.9. The first-order valence-electron chi connectivity index (χ1n) is 6.64. The van der Waals surface area contributed by atoms with Crippen LogP contribution in [0.3, 0.4) is 0 Å². The van der Waals surface area contributed by atoms with Gasteiger partial charge in [0.25, 0.3) is 0 Å². The highest BCUT2D eigenvalue weighted by molar-refractivity contribution is 6.28. The molecule has 1 N–H and O–H groups in total. The molecular weight excluding hydrogens is 316 g/mol. The number of nitrogens with one attached hydrogen (secondary N) is 1. The lowest BCUT2D eigenvalue weighted by Crippen LogP contribution is -2.23. The molecule has 0 amide bonds. The van der Waals surface area contributed by atoms with Gasteiger partial charge in [0.05, 0.1) is 12.0 Å². The molecule has 9 nitrogen and oxygen atoms in total. The second-order valence-electron chi connectivity index (χ2n) is 4.72. The summed E-state index contributed by atoms with van der Waals surface area (Å²) in [7, 11) is 1.11. The Balaban J connectivity index is 2.26. The predicted molar refractivity (Wildman–Crippen MR) is 77.1 cm³/mol.